The molecule has 0 radical (unpaired) electrons. The molecule has 0 fully saturated rings. The molecule has 1 unspecified atom stereocenters. The van der Waals surface area contributed by atoms with Gasteiger partial charge in [-0.2, -0.15) is 0 Å². The van der Waals surface area contributed by atoms with Gasteiger partial charge in [-0.25, -0.2) is 0 Å². The van der Waals surface area contributed by atoms with Crippen molar-refractivity contribution < 1.29 is 0 Å². The molecule has 0 bridgehead atoms. The second-order valence-corrected chi connectivity index (χ2v) is 5.94. The highest BCUT2D eigenvalue weighted by molar-refractivity contribution is 7.12. The van der Waals surface area contributed by atoms with Crippen molar-refractivity contribution in [2.75, 3.05) is 6.54 Å². The standard InChI is InChI=1S/C15H20N2S/c1-11-8-14(18-12(11)2)9-17-10-15(16)13-6-4-3-5-7-13/h3-8,15,17H,9-10,16H2,1-2H3. The van der Waals surface area contributed by atoms with Crippen molar-refractivity contribution in [2.24, 2.45) is 5.73 Å². The first-order valence-corrected chi connectivity index (χ1v) is 7.05. The molecule has 0 spiro atoms. The molecule has 0 saturated heterocycles. The first-order valence-electron chi connectivity index (χ1n) is 6.24. The number of thiophene rings is 1. The van der Waals surface area contributed by atoms with E-state index in [1.54, 1.807) is 0 Å². The van der Waals surface area contributed by atoms with E-state index in [-0.39, 0.29) is 6.04 Å². The third-order valence-corrected chi connectivity index (χ3v) is 4.26. The van der Waals surface area contributed by atoms with Crippen molar-refractivity contribution in [1.82, 2.24) is 5.32 Å². The molecule has 0 amide bonds. The predicted octanol–water partition coefficient (Wildman–Crippen LogP) is 3.15. The summed E-state index contributed by atoms with van der Waals surface area (Å²) in [6, 6.07) is 12.5. The second-order valence-electron chi connectivity index (χ2n) is 4.60. The Morgan fingerprint density at radius 1 is 1.22 bits per heavy atom. The number of aryl methyl sites for hydroxylation is 2. The Bertz CT molecular complexity index is 471. The van der Waals surface area contributed by atoms with Gasteiger partial charge in [0.25, 0.3) is 0 Å². The fraction of sp³-hybridized carbons (Fsp3) is 0.333. The zero-order valence-corrected chi connectivity index (χ0v) is 11.8. The molecule has 0 aliphatic heterocycles. The highest BCUT2D eigenvalue weighted by atomic mass is 32.1. The number of nitrogens with two attached hydrogens (primary N) is 1. The highest BCUT2D eigenvalue weighted by Crippen LogP contribution is 2.20. The Balaban J connectivity index is 1.82. The van der Waals surface area contributed by atoms with Gasteiger partial charge >= 0.3 is 0 Å². The summed E-state index contributed by atoms with van der Waals surface area (Å²) >= 11 is 1.86. The van der Waals surface area contributed by atoms with Crippen LogP contribution in [0.2, 0.25) is 0 Å². The van der Waals surface area contributed by atoms with E-state index in [0.29, 0.717) is 0 Å². The van der Waals surface area contributed by atoms with Crippen LogP contribution in [0.4, 0.5) is 0 Å². The lowest BCUT2D eigenvalue weighted by molar-refractivity contribution is 0.601. The van der Waals surface area contributed by atoms with Gasteiger partial charge in [0, 0.05) is 28.9 Å². The van der Waals surface area contributed by atoms with E-state index < -0.39 is 0 Å². The third kappa shape index (κ3) is 3.42. The largest absolute Gasteiger partial charge is 0.323 e. The van der Waals surface area contributed by atoms with Gasteiger partial charge in [0.15, 0.2) is 0 Å². The third-order valence-electron chi connectivity index (χ3n) is 3.11. The van der Waals surface area contributed by atoms with E-state index >= 15 is 0 Å². The van der Waals surface area contributed by atoms with Crippen LogP contribution >= 0.6 is 11.3 Å². The number of hydrogen-bond acceptors (Lipinski definition) is 3. The Labute approximate surface area is 113 Å². The number of nitrogens with one attached hydrogen (secondary N) is 1. The molecule has 2 aromatic rings. The molecular formula is C15H20N2S. The molecular weight excluding hydrogens is 240 g/mol. The maximum Gasteiger partial charge on any atom is 0.0421 e. The van der Waals surface area contributed by atoms with Crippen LogP contribution in [0, 0.1) is 13.8 Å². The maximum absolute atomic E-state index is 6.14. The topological polar surface area (TPSA) is 38.0 Å². The Morgan fingerprint density at radius 2 is 1.94 bits per heavy atom. The first kappa shape index (κ1) is 13.3. The maximum atomic E-state index is 6.14. The molecule has 1 aromatic heterocycles. The fourth-order valence-electron chi connectivity index (χ4n) is 1.91. The molecule has 3 N–H and O–H groups in total. The van der Waals surface area contributed by atoms with Gasteiger partial charge < -0.3 is 11.1 Å². The van der Waals surface area contributed by atoms with E-state index in [0.717, 1.165) is 13.1 Å². The number of rotatable bonds is 5. The smallest absolute Gasteiger partial charge is 0.0421 e. The molecule has 0 aliphatic carbocycles. The SMILES string of the molecule is Cc1cc(CNCC(N)c2ccccc2)sc1C. The van der Waals surface area contributed by atoms with Crippen molar-refractivity contribution in [1.29, 1.82) is 0 Å². The molecule has 2 rings (SSSR count). The van der Waals surface area contributed by atoms with Crippen LogP contribution in [-0.2, 0) is 6.54 Å². The summed E-state index contributed by atoms with van der Waals surface area (Å²) in [5.41, 5.74) is 8.70. The zero-order chi connectivity index (χ0) is 13.0. The quantitative estimate of drug-likeness (QED) is 0.866. The highest BCUT2D eigenvalue weighted by Gasteiger charge is 2.05. The van der Waals surface area contributed by atoms with Gasteiger partial charge in [0.05, 0.1) is 0 Å². The van der Waals surface area contributed by atoms with Crippen molar-refractivity contribution in [3.63, 3.8) is 0 Å². The van der Waals surface area contributed by atoms with Gasteiger partial charge in [-0.05, 0) is 31.0 Å². The van der Waals surface area contributed by atoms with Crippen LogP contribution in [0.1, 0.15) is 26.9 Å². The summed E-state index contributed by atoms with van der Waals surface area (Å²) in [7, 11) is 0. The van der Waals surface area contributed by atoms with Gasteiger partial charge in [0.2, 0.25) is 0 Å². The van der Waals surface area contributed by atoms with Gasteiger partial charge in [-0.3, -0.25) is 0 Å². The summed E-state index contributed by atoms with van der Waals surface area (Å²) in [5.74, 6) is 0. The fourth-order valence-corrected chi connectivity index (χ4v) is 2.93. The minimum Gasteiger partial charge on any atom is -0.323 e. The number of hydrogen-bond donors (Lipinski definition) is 2. The molecule has 2 nitrogen and oxygen atoms in total. The van der Waals surface area contributed by atoms with Gasteiger partial charge in [-0.1, -0.05) is 30.3 Å². The van der Waals surface area contributed by atoms with Crippen molar-refractivity contribution in [3.8, 4) is 0 Å². The minimum absolute atomic E-state index is 0.0633. The average Bonchev–Trinajstić information content (AvgIpc) is 2.69. The first-order chi connectivity index (χ1) is 8.66. The normalized spacial score (nSPS) is 12.6. The van der Waals surface area contributed by atoms with Crippen LogP contribution in [0.3, 0.4) is 0 Å². The molecule has 0 saturated carbocycles. The molecule has 0 aliphatic rings. The number of benzene rings is 1. The van der Waals surface area contributed by atoms with E-state index in [2.05, 4.69) is 37.4 Å². The summed E-state index contributed by atoms with van der Waals surface area (Å²) in [5, 5.41) is 3.43. The summed E-state index contributed by atoms with van der Waals surface area (Å²) in [4.78, 5) is 2.78. The Kier molecular flexibility index (Phi) is 4.53. The van der Waals surface area contributed by atoms with Crippen LogP contribution in [0.25, 0.3) is 0 Å². The van der Waals surface area contributed by atoms with E-state index in [1.807, 2.05) is 29.5 Å². The van der Waals surface area contributed by atoms with Crippen molar-refractivity contribution in [2.45, 2.75) is 26.4 Å². The van der Waals surface area contributed by atoms with E-state index in [4.69, 9.17) is 5.73 Å². The molecule has 18 heavy (non-hydrogen) atoms. The van der Waals surface area contributed by atoms with E-state index in [9.17, 15) is 0 Å². The molecule has 1 aromatic carbocycles. The second kappa shape index (κ2) is 6.14. The van der Waals surface area contributed by atoms with Crippen molar-refractivity contribution >= 4 is 11.3 Å². The van der Waals surface area contributed by atoms with Gasteiger partial charge in [0.1, 0.15) is 0 Å². The summed E-state index contributed by atoms with van der Waals surface area (Å²) < 4.78 is 0. The van der Waals surface area contributed by atoms with Crippen molar-refractivity contribution in [3.05, 3.63) is 57.3 Å². The molecule has 3 heteroatoms. The molecule has 96 valence electrons. The van der Waals surface area contributed by atoms with Crippen LogP contribution in [0.15, 0.2) is 36.4 Å². The lowest BCUT2D eigenvalue weighted by Gasteiger charge is -2.12. The lowest BCUT2D eigenvalue weighted by Crippen LogP contribution is -2.26. The Hall–Kier alpha value is -1.16. The zero-order valence-electron chi connectivity index (χ0n) is 10.9. The van der Waals surface area contributed by atoms with Crippen LogP contribution < -0.4 is 11.1 Å². The monoisotopic (exact) mass is 260 g/mol. The van der Waals surface area contributed by atoms with Crippen LogP contribution in [-0.4, -0.2) is 6.54 Å². The predicted molar refractivity (Wildman–Crippen MR) is 78.9 cm³/mol. The molecule has 1 heterocycles. The summed E-state index contributed by atoms with van der Waals surface area (Å²) in [6.07, 6.45) is 0. The minimum atomic E-state index is 0.0633. The molecule has 1 atom stereocenters. The Morgan fingerprint density at radius 3 is 2.56 bits per heavy atom. The average molecular weight is 260 g/mol. The summed E-state index contributed by atoms with van der Waals surface area (Å²) in [6.45, 7) is 6.03. The van der Waals surface area contributed by atoms with Gasteiger partial charge in [-0.15, -0.1) is 11.3 Å². The lowest BCUT2D eigenvalue weighted by atomic mass is 10.1. The van der Waals surface area contributed by atoms with E-state index in [1.165, 1.54) is 20.9 Å². The van der Waals surface area contributed by atoms with Crippen LogP contribution in [0.5, 0.6) is 0 Å².